The Bertz CT molecular complexity index is 564. The minimum atomic E-state index is -0.358. The molecule has 2 rings (SSSR count). The maximum Gasteiger partial charge on any atom is 0.242 e. The Morgan fingerprint density at radius 3 is 3.00 bits per heavy atom. The molecule has 0 aliphatic rings. The topological polar surface area (TPSA) is 84.7 Å². The smallest absolute Gasteiger partial charge is 0.242 e. The molecular formula is C11H16N6O. The van der Waals surface area contributed by atoms with Crippen LogP contribution in [0.2, 0.25) is 0 Å². The van der Waals surface area contributed by atoms with Crippen molar-refractivity contribution in [1.82, 2.24) is 25.1 Å². The van der Waals surface area contributed by atoms with Crippen LogP contribution in [0.25, 0.3) is 11.0 Å². The molecule has 2 N–H and O–H groups in total. The second-order valence-corrected chi connectivity index (χ2v) is 3.99. The number of carbonyl (C=O) groups is 1. The second kappa shape index (κ2) is 4.99. The first-order valence-electron chi connectivity index (χ1n) is 5.80. The summed E-state index contributed by atoms with van der Waals surface area (Å²) in [5, 5.41) is 10.7. The van der Waals surface area contributed by atoms with Gasteiger partial charge in [-0.3, -0.25) is 9.48 Å². The van der Waals surface area contributed by atoms with Gasteiger partial charge in [0, 0.05) is 13.6 Å². The fourth-order valence-corrected chi connectivity index (χ4v) is 1.68. The number of amides is 1. The minimum absolute atomic E-state index is 0.0619. The lowest BCUT2D eigenvalue weighted by molar-refractivity contribution is -0.121. The summed E-state index contributed by atoms with van der Waals surface area (Å²) in [7, 11) is 1.81. The van der Waals surface area contributed by atoms with Gasteiger partial charge in [0.05, 0.1) is 11.6 Å². The van der Waals surface area contributed by atoms with Crippen molar-refractivity contribution in [2.45, 2.75) is 19.9 Å². The number of hydrogen-bond acceptors (Lipinski definition) is 5. The molecule has 0 fully saturated rings. The molecule has 2 aromatic heterocycles. The lowest BCUT2D eigenvalue weighted by Gasteiger charge is -2.13. The van der Waals surface area contributed by atoms with Gasteiger partial charge in [0.25, 0.3) is 0 Å². The fraction of sp³-hybridized carbons (Fsp3) is 0.455. The highest BCUT2D eigenvalue weighted by Gasteiger charge is 2.14. The molecule has 7 heteroatoms. The highest BCUT2D eigenvalue weighted by molar-refractivity contribution is 5.90. The molecule has 18 heavy (non-hydrogen) atoms. The number of rotatable bonds is 4. The van der Waals surface area contributed by atoms with E-state index in [0.29, 0.717) is 12.4 Å². The molecule has 0 aliphatic heterocycles. The molecule has 1 unspecified atom stereocenters. The van der Waals surface area contributed by atoms with E-state index >= 15 is 0 Å². The van der Waals surface area contributed by atoms with Crippen molar-refractivity contribution in [3.05, 3.63) is 12.5 Å². The summed E-state index contributed by atoms with van der Waals surface area (Å²) in [5.41, 5.74) is 0.732. The summed E-state index contributed by atoms with van der Waals surface area (Å²) in [4.78, 5) is 19.9. The van der Waals surface area contributed by atoms with Gasteiger partial charge in [-0.2, -0.15) is 5.10 Å². The van der Waals surface area contributed by atoms with Crippen molar-refractivity contribution in [3.8, 4) is 0 Å². The highest BCUT2D eigenvalue weighted by Crippen LogP contribution is 2.18. The Kier molecular flexibility index (Phi) is 3.40. The molecule has 96 valence electrons. The van der Waals surface area contributed by atoms with Crippen molar-refractivity contribution in [2.75, 3.05) is 11.9 Å². The van der Waals surface area contributed by atoms with Crippen molar-refractivity contribution >= 4 is 22.8 Å². The Hall–Kier alpha value is -2.18. The van der Waals surface area contributed by atoms with E-state index in [1.54, 1.807) is 17.8 Å². The van der Waals surface area contributed by atoms with Crippen LogP contribution in [-0.2, 0) is 11.8 Å². The molecule has 0 aromatic carbocycles. The summed E-state index contributed by atoms with van der Waals surface area (Å²) in [5.74, 6) is 0.556. The predicted octanol–water partition coefficient (Wildman–Crippen LogP) is 0.300. The number of nitrogens with one attached hydrogen (secondary N) is 2. The molecule has 0 spiro atoms. The predicted molar refractivity (Wildman–Crippen MR) is 68.1 cm³/mol. The zero-order valence-corrected chi connectivity index (χ0v) is 10.6. The number of nitrogens with zero attached hydrogens (tertiary/aromatic N) is 4. The van der Waals surface area contributed by atoms with E-state index in [9.17, 15) is 4.79 Å². The molecule has 1 atom stereocenters. The first-order chi connectivity index (χ1) is 8.63. The number of likely N-dealkylation sites (N-methyl/N-ethyl adjacent to an activating group) is 1. The largest absolute Gasteiger partial charge is 0.358 e. The van der Waals surface area contributed by atoms with E-state index in [4.69, 9.17) is 0 Å². The van der Waals surface area contributed by atoms with Gasteiger partial charge in [0.15, 0.2) is 5.65 Å². The van der Waals surface area contributed by atoms with Crippen LogP contribution < -0.4 is 10.6 Å². The van der Waals surface area contributed by atoms with Crippen LogP contribution >= 0.6 is 0 Å². The monoisotopic (exact) mass is 248 g/mol. The third kappa shape index (κ3) is 2.24. The number of carbonyl (C=O) groups excluding carboxylic acids is 1. The van der Waals surface area contributed by atoms with Gasteiger partial charge in [-0.25, -0.2) is 9.97 Å². The van der Waals surface area contributed by atoms with Crippen LogP contribution in [0.5, 0.6) is 0 Å². The molecule has 0 bridgehead atoms. The second-order valence-electron chi connectivity index (χ2n) is 3.99. The zero-order valence-electron chi connectivity index (χ0n) is 10.6. The zero-order chi connectivity index (χ0) is 13.1. The van der Waals surface area contributed by atoms with Crippen molar-refractivity contribution < 1.29 is 4.79 Å². The Balaban J connectivity index is 2.24. The van der Waals surface area contributed by atoms with Crippen LogP contribution in [-0.4, -0.2) is 38.2 Å². The van der Waals surface area contributed by atoms with Crippen LogP contribution in [0, 0.1) is 0 Å². The molecular weight excluding hydrogens is 232 g/mol. The molecule has 0 saturated heterocycles. The Morgan fingerprint density at radius 1 is 1.50 bits per heavy atom. The Labute approximate surface area is 105 Å². The van der Waals surface area contributed by atoms with E-state index in [1.165, 1.54) is 6.33 Å². The van der Waals surface area contributed by atoms with E-state index in [2.05, 4.69) is 25.7 Å². The maximum atomic E-state index is 11.7. The van der Waals surface area contributed by atoms with Crippen LogP contribution in [0.4, 0.5) is 5.82 Å². The highest BCUT2D eigenvalue weighted by atomic mass is 16.2. The lowest BCUT2D eigenvalue weighted by atomic mass is 10.3. The quantitative estimate of drug-likeness (QED) is 0.813. The molecule has 1 amide bonds. The van der Waals surface area contributed by atoms with Gasteiger partial charge in [-0.15, -0.1) is 0 Å². The van der Waals surface area contributed by atoms with Crippen LogP contribution in [0.3, 0.4) is 0 Å². The standard InChI is InChI=1S/C11H16N6O/c1-4-12-11(18)7(2)16-9-8-5-15-17(3)10(8)14-6-13-9/h5-7H,4H2,1-3H3,(H,12,18)(H,13,14,16). The molecule has 0 saturated carbocycles. The van der Waals surface area contributed by atoms with Crippen molar-refractivity contribution in [1.29, 1.82) is 0 Å². The van der Waals surface area contributed by atoms with Crippen molar-refractivity contribution in [2.24, 2.45) is 7.05 Å². The van der Waals surface area contributed by atoms with Gasteiger partial charge in [-0.05, 0) is 13.8 Å². The number of hydrogen-bond donors (Lipinski definition) is 2. The third-order valence-corrected chi connectivity index (χ3v) is 2.63. The summed E-state index contributed by atoms with van der Waals surface area (Å²) < 4.78 is 1.67. The molecule has 2 aromatic rings. The van der Waals surface area contributed by atoms with E-state index in [1.807, 2.05) is 14.0 Å². The summed E-state index contributed by atoms with van der Waals surface area (Å²) in [6, 6.07) is -0.358. The van der Waals surface area contributed by atoms with E-state index in [0.717, 1.165) is 11.0 Å². The first kappa shape index (κ1) is 12.3. The number of fused-ring (bicyclic) bond motifs is 1. The van der Waals surface area contributed by atoms with Crippen LogP contribution in [0.15, 0.2) is 12.5 Å². The minimum Gasteiger partial charge on any atom is -0.358 e. The molecule has 7 nitrogen and oxygen atoms in total. The number of aromatic nitrogens is 4. The van der Waals surface area contributed by atoms with Gasteiger partial charge in [0.1, 0.15) is 18.2 Å². The van der Waals surface area contributed by atoms with Gasteiger partial charge >= 0.3 is 0 Å². The average molecular weight is 248 g/mol. The lowest BCUT2D eigenvalue weighted by Crippen LogP contribution is -2.37. The Morgan fingerprint density at radius 2 is 2.28 bits per heavy atom. The molecule has 0 aliphatic carbocycles. The first-order valence-corrected chi connectivity index (χ1v) is 5.80. The van der Waals surface area contributed by atoms with Crippen LogP contribution in [0.1, 0.15) is 13.8 Å². The summed E-state index contributed by atoms with van der Waals surface area (Å²) in [6.45, 7) is 4.28. The third-order valence-electron chi connectivity index (χ3n) is 2.63. The number of anilines is 1. The average Bonchev–Trinajstić information content (AvgIpc) is 2.73. The van der Waals surface area contributed by atoms with Gasteiger partial charge in [0.2, 0.25) is 5.91 Å². The van der Waals surface area contributed by atoms with Gasteiger partial charge < -0.3 is 10.6 Å². The number of aryl methyl sites for hydroxylation is 1. The fourth-order valence-electron chi connectivity index (χ4n) is 1.68. The molecule has 2 heterocycles. The van der Waals surface area contributed by atoms with Crippen molar-refractivity contribution in [3.63, 3.8) is 0 Å². The van der Waals surface area contributed by atoms with Gasteiger partial charge in [-0.1, -0.05) is 0 Å². The summed E-state index contributed by atoms with van der Waals surface area (Å²) >= 11 is 0. The van der Waals surface area contributed by atoms with E-state index in [-0.39, 0.29) is 11.9 Å². The SMILES string of the molecule is CCNC(=O)C(C)Nc1ncnc2c1cnn2C. The molecule has 0 radical (unpaired) electrons. The summed E-state index contributed by atoms with van der Waals surface area (Å²) in [6.07, 6.45) is 3.14. The maximum absolute atomic E-state index is 11.7. The normalized spacial score (nSPS) is 12.4. The van der Waals surface area contributed by atoms with E-state index < -0.39 is 0 Å².